The smallest absolute Gasteiger partial charge is 0.234 e. The molecule has 6 heteroatoms. The molecule has 2 atom stereocenters. The highest BCUT2D eigenvalue weighted by Gasteiger charge is 2.45. The highest BCUT2D eigenvalue weighted by atomic mass is 32.2. The quantitative estimate of drug-likeness (QED) is 0.854. The predicted octanol–water partition coefficient (Wildman–Crippen LogP) is 1.81. The molecule has 5 nitrogen and oxygen atoms in total. The molecule has 0 spiro atoms. The number of rotatable bonds is 5. The molecule has 0 aliphatic carbocycles. The SMILES string of the molecule is O=C1CN(CCC(c2ccccc2)c2ccccc2)[C@H]2CS(=O)(=O)C[C@H]2N1. The zero-order chi connectivity index (χ0) is 18.9. The number of fused-ring (bicyclic) bond motifs is 1. The summed E-state index contributed by atoms with van der Waals surface area (Å²) in [6, 6.07) is 20.3. The second-order valence-electron chi connectivity index (χ2n) is 7.45. The van der Waals surface area contributed by atoms with E-state index in [1.807, 2.05) is 36.4 Å². The van der Waals surface area contributed by atoms with Crippen LogP contribution in [0.2, 0.25) is 0 Å². The monoisotopic (exact) mass is 384 g/mol. The Morgan fingerprint density at radius 3 is 2.15 bits per heavy atom. The van der Waals surface area contributed by atoms with E-state index in [-0.39, 0.29) is 42.0 Å². The molecule has 1 amide bonds. The second kappa shape index (κ2) is 7.44. The van der Waals surface area contributed by atoms with Crippen LogP contribution in [-0.2, 0) is 14.6 Å². The largest absolute Gasteiger partial charge is 0.350 e. The van der Waals surface area contributed by atoms with Crippen LogP contribution in [0.4, 0.5) is 0 Å². The fraction of sp³-hybridized carbons (Fsp3) is 0.381. The van der Waals surface area contributed by atoms with Crippen molar-refractivity contribution in [1.29, 1.82) is 0 Å². The Hall–Kier alpha value is -2.18. The Morgan fingerprint density at radius 1 is 0.963 bits per heavy atom. The molecule has 4 rings (SSSR count). The second-order valence-corrected chi connectivity index (χ2v) is 9.61. The molecular formula is C21H24N2O3S. The fourth-order valence-electron chi connectivity index (χ4n) is 4.32. The van der Waals surface area contributed by atoms with Crippen LogP contribution in [0, 0.1) is 0 Å². The van der Waals surface area contributed by atoms with Crippen LogP contribution in [0.15, 0.2) is 60.7 Å². The van der Waals surface area contributed by atoms with E-state index in [9.17, 15) is 13.2 Å². The van der Waals surface area contributed by atoms with Gasteiger partial charge in [0.15, 0.2) is 9.84 Å². The maximum Gasteiger partial charge on any atom is 0.234 e. The Kier molecular flexibility index (Phi) is 5.02. The van der Waals surface area contributed by atoms with Crippen molar-refractivity contribution in [2.75, 3.05) is 24.6 Å². The summed E-state index contributed by atoms with van der Waals surface area (Å²) >= 11 is 0. The van der Waals surface area contributed by atoms with Gasteiger partial charge in [-0.1, -0.05) is 60.7 Å². The maximum atomic E-state index is 12.1. The average molecular weight is 385 g/mol. The summed E-state index contributed by atoms with van der Waals surface area (Å²) < 4.78 is 24.1. The standard InChI is InChI=1S/C21H24N2O3S/c24-21-13-23(20-15-27(25,26)14-19(20)22-21)12-11-18(16-7-3-1-4-8-16)17-9-5-2-6-10-17/h1-10,18-20H,11-15H2,(H,22,24)/t19-,20+/m1/s1. The van der Waals surface area contributed by atoms with Crippen molar-refractivity contribution in [3.05, 3.63) is 71.8 Å². The van der Waals surface area contributed by atoms with Crippen molar-refractivity contribution in [2.24, 2.45) is 0 Å². The number of amides is 1. The van der Waals surface area contributed by atoms with Gasteiger partial charge in [0.05, 0.1) is 24.1 Å². The minimum atomic E-state index is -3.08. The molecular weight excluding hydrogens is 360 g/mol. The number of hydrogen-bond donors (Lipinski definition) is 1. The van der Waals surface area contributed by atoms with Crippen molar-refractivity contribution in [3.8, 4) is 0 Å². The van der Waals surface area contributed by atoms with Crippen molar-refractivity contribution in [2.45, 2.75) is 24.4 Å². The predicted molar refractivity (Wildman–Crippen MR) is 105 cm³/mol. The molecule has 2 saturated heterocycles. The number of carbonyl (C=O) groups excluding carboxylic acids is 1. The van der Waals surface area contributed by atoms with Crippen LogP contribution in [0.5, 0.6) is 0 Å². The zero-order valence-corrected chi connectivity index (χ0v) is 15.9. The fourth-order valence-corrected chi connectivity index (χ4v) is 6.27. The summed E-state index contributed by atoms with van der Waals surface area (Å²) in [6.45, 7) is 0.964. The lowest BCUT2D eigenvalue weighted by Crippen LogP contribution is -2.60. The molecule has 0 aromatic heterocycles. The first-order valence-electron chi connectivity index (χ1n) is 9.35. The molecule has 0 radical (unpaired) electrons. The van der Waals surface area contributed by atoms with Gasteiger partial charge in [0.1, 0.15) is 0 Å². The summed E-state index contributed by atoms with van der Waals surface area (Å²) in [6.07, 6.45) is 0.838. The third kappa shape index (κ3) is 4.06. The molecule has 0 saturated carbocycles. The summed E-state index contributed by atoms with van der Waals surface area (Å²) in [5.41, 5.74) is 2.47. The number of nitrogens with one attached hydrogen (secondary N) is 1. The number of hydrogen-bond acceptors (Lipinski definition) is 4. The Bertz CT molecular complexity index is 860. The van der Waals surface area contributed by atoms with E-state index < -0.39 is 9.84 Å². The normalized spacial score (nSPS) is 24.6. The van der Waals surface area contributed by atoms with Crippen LogP contribution in [0.1, 0.15) is 23.5 Å². The number of sulfone groups is 1. The Balaban J connectivity index is 1.54. The number of carbonyl (C=O) groups is 1. The molecule has 2 aliphatic rings. The first kappa shape index (κ1) is 18.2. The van der Waals surface area contributed by atoms with Crippen LogP contribution in [0.25, 0.3) is 0 Å². The minimum Gasteiger partial charge on any atom is -0.350 e. The van der Waals surface area contributed by atoms with Gasteiger partial charge in [-0.25, -0.2) is 8.42 Å². The topological polar surface area (TPSA) is 66.5 Å². The highest BCUT2D eigenvalue weighted by Crippen LogP contribution is 2.30. The number of benzene rings is 2. The first-order chi connectivity index (χ1) is 13.0. The van der Waals surface area contributed by atoms with E-state index in [4.69, 9.17) is 0 Å². The van der Waals surface area contributed by atoms with Gasteiger partial charge in [-0.15, -0.1) is 0 Å². The van der Waals surface area contributed by atoms with Crippen molar-refractivity contribution in [1.82, 2.24) is 10.2 Å². The molecule has 0 unspecified atom stereocenters. The summed E-state index contributed by atoms with van der Waals surface area (Å²) in [7, 11) is -3.08. The van der Waals surface area contributed by atoms with E-state index in [1.54, 1.807) is 0 Å². The van der Waals surface area contributed by atoms with Crippen LogP contribution < -0.4 is 5.32 Å². The van der Waals surface area contributed by atoms with Gasteiger partial charge in [0.25, 0.3) is 0 Å². The first-order valence-corrected chi connectivity index (χ1v) is 11.2. The van der Waals surface area contributed by atoms with Crippen molar-refractivity contribution in [3.63, 3.8) is 0 Å². The Labute approximate surface area is 160 Å². The van der Waals surface area contributed by atoms with Gasteiger partial charge in [-0.3, -0.25) is 9.69 Å². The molecule has 2 aromatic carbocycles. The maximum absolute atomic E-state index is 12.1. The average Bonchev–Trinajstić information content (AvgIpc) is 2.97. The van der Waals surface area contributed by atoms with Crippen LogP contribution in [-0.4, -0.2) is 55.9 Å². The van der Waals surface area contributed by atoms with E-state index in [0.717, 1.165) is 6.42 Å². The van der Waals surface area contributed by atoms with Gasteiger partial charge in [0, 0.05) is 12.0 Å². The zero-order valence-electron chi connectivity index (χ0n) is 15.1. The van der Waals surface area contributed by atoms with Crippen LogP contribution in [0.3, 0.4) is 0 Å². The van der Waals surface area contributed by atoms with Crippen molar-refractivity contribution >= 4 is 15.7 Å². The van der Waals surface area contributed by atoms with Crippen molar-refractivity contribution < 1.29 is 13.2 Å². The molecule has 1 N–H and O–H groups in total. The van der Waals surface area contributed by atoms with E-state index >= 15 is 0 Å². The molecule has 142 valence electrons. The van der Waals surface area contributed by atoms with Gasteiger partial charge >= 0.3 is 0 Å². The summed E-state index contributed by atoms with van der Waals surface area (Å²) in [5, 5.41) is 2.86. The number of nitrogens with zero attached hydrogens (tertiary/aromatic N) is 1. The molecule has 2 aromatic rings. The van der Waals surface area contributed by atoms with Gasteiger partial charge in [0.2, 0.25) is 5.91 Å². The summed E-state index contributed by atoms with van der Waals surface area (Å²) in [5.74, 6) is 0.332. The molecule has 0 bridgehead atoms. The molecule has 2 fully saturated rings. The highest BCUT2D eigenvalue weighted by molar-refractivity contribution is 7.91. The van der Waals surface area contributed by atoms with E-state index in [2.05, 4.69) is 34.5 Å². The lowest BCUT2D eigenvalue weighted by atomic mass is 9.88. The van der Waals surface area contributed by atoms with E-state index in [0.29, 0.717) is 6.54 Å². The van der Waals surface area contributed by atoms with Gasteiger partial charge in [-0.05, 0) is 24.1 Å². The minimum absolute atomic E-state index is 0.0563. The number of piperazine rings is 1. The Morgan fingerprint density at radius 2 is 1.56 bits per heavy atom. The van der Waals surface area contributed by atoms with Gasteiger partial charge in [-0.2, -0.15) is 0 Å². The third-order valence-corrected chi connectivity index (χ3v) is 7.31. The lowest BCUT2D eigenvalue weighted by Gasteiger charge is -2.37. The van der Waals surface area contributed by atoms with Gasteiger partial charge < -0.3 is 5.32 Å². The molecule has 27 heavy (non-hydrogen) atoms. The lowest BCUT2D eigenvalue weighted by molar-refractivity contribution is -0.126. The molecule has 2 aliphatic heterocycles. The summed E-state index contributed by atoms with van der Waals surface area (Å²) in [4.78, 5) is 14.1. The van der Waals surface area contributed by atoms with E-state index in [1.165, 1.54) is 11.1 Å². The molecule has 2 heterocycles. The third-order valence-electron chi connectivity index (χ3n) is 5.59. The van der Waals surface area contributed by atoms with Crippen LogP contribution >= 0.6 is 0 Å².